The minimum atomic E-state index is -0.698. The Morgan fingerprint density at radius 2 is 1.79 bits per heavy atom. The highest BCUT2D eigenvalue weighted by atomic mass is 16.6. The average molecular weight is 515 g/mol. The monoisotopic (exact) mass is 514 g/mol. The lowest BCUT2D eigenvalue weighted by molar-refractivity contribution is -0.385. The predicted octanol–water partition coefficient (Wildman–Crippen LogP) is 5.33. The first-order valence-electron chi connectivity index (χ1n) is 12.2. The molecule has 3 heterocycles. The van der Waals surface area contributed by atoms with Crippen LogP contribution >= 0.6 is 0 Å². The fourth-order valence-corrected chi connectivity index (χ4v) is 4.83. The van der Waals surface area contributed by atoms with Crippen molar-refractivity contribution in [3.8, 4) is 5.88 Å². The molecule has 194 valence electrons. The lowest BCUT2D eigenvalue weighted by atomic mass is 9.89. The highest BCUT2D eigenvalue weighted by Gasteiger charge is 2.28. The molecule has 0 unspecified atom stereocenters. The number of anilines is 1. The van der Waals surface area contributed by atoms with Crippen LogP contribution in [0.5, 0.6) is 5.88 Å². The van der Waals surface area contributed by atoms with Crippen LogP contribution < -0.4 is 10.1 Å². The van der Waals surface area contributed by atoms with Crippen LogP contribution in [0.2, 0.25) is 0 Å². The number of piperidine rings is 1. The van der Waals surface area contributed by atoms with E-state index in [0.29, 0.717) is 30.1 Å². The van der Waals surface area contributed by atoms with Crippen LogP contribution in [-0.2, 0) is 0 Å². The van der Waals surface area contributed by atoms with E-state index in [0.717, 1.165) is 29.4 Å². The maximum absolute atomic E-state index is 13.1. The number of fused-ring (bicyclic) bond motifs is 1. The van der Waals surface area contributed by atoms with E-state index in [-0.39, 0.29) is 23.4 Å². The van der Waals surface area contributed by atoms with E-state index in [1.54, 1.807) is 12.1 Å². The normalized spacial score (nSPS) is 13.9. The number of carbonyl (C=O) groups excluding carboxylic acids is 2. The van der Waals surface area contributed by atoms with Crippen molar-refractivity contribution in [1.82, 2.24) is 9.88 Å². The fraction of sp³-hybridized carbons (Fsp3) is 0.250. The van der Waals surface area contributed by atoms with E-state index in [1.807, 2.05) is 48.2 Å². The molecule has 0 radical (unpaired) electrons. The van der Waals surface area contributed by atoms with Crippen LogP contribution in [0.25, 0.3) is 11.0 Å². The van der Waals surface area contributed by atoms with E-state index in [2.05, 4.69) is 10.3 Å². The summed E-state index contributed by atoms with van der Waals surface area (Å²) >= 11 is 0. The number of likely N-dealkylation sites (tertiary alicyclic amines) is 1. The first-order valence-corrected chi connectivity index (χ1v) is 12.2. The summed E-state index contributed by atoms with van der Waals surface area (Å²) in [5.74, 6) is -0.0138. The van der Waals surface area contributed by atoms with Crippen LogP contribution in [-0.4, -0.2) is 46.8 Å². The third-order valence-electron chi connectivity index (χ3n) is 6.93. The SMILES string of the molecule is COc1ccc([N+](=O)[O-])c(C(=O)Nc2ccc(C3CCN(C(=O)c4oc5ccccc5c4C)CC3)cc2)n1. The van der Waals surface area contributed by atoms with Gasteiger partial charge in [-0.15, -0.1) is 0 Å². The molecular weight excluding hydrogens is 488 g/mol. The summed E-state index contributed by atoms with van der Waals surface area (Å²) < 4.78 is 10.9. The van der Waals surface area contributed by atoms with Gasteiger partial charge in [0.05, 0.1) is 12.0 Å². The van der Waals surface area contributed by atoms with Crippen molar-refractivity contribution in [1.29, 1.82) is 0 Å². The molecule has 10 nitrogen and oxygen atoms in total. The standard InChI is InChI=1S/C28H26N4O6/c1-17-21-5-3-4-6-23(21)38-26(17)28(34)31-15-13-19(14-16-31)18-7-9-20(10-8-18)29-27(33)25-22(32(35)36)11-12-24(30-25)37-2/h3-12,19H,13-16H2,1-2H3,(H,29,33). The highest BCUT2D eigenvalue weighted by molar-refractivity contribution is 6.05. The van der Waals surface area contributed by atoms with Gasteiger partial charge in [-0.2, -0.15) is 0 Å². The first-order chi connectivity index (χ1) is 18.4. The summed E-state index contributed by atoms with van der Waals surface area (Å²) in [7, 11) is 1.37. The molecule has 1 N–H and O–H groups in total. The van der Waals surface area contributed by atoms with E-state index in [9.17, 15) is 19.7 Å². The number of aromatic nitrogens is 1. The Morgan fingerprint density at radius 3 is 2.45 bits per heavy atom. The first kappa shape index (κ1) is 24.9. The second-order valence-corrected chi connectivity index (χ2v) is 9.17. The summed E-state index contributed by atoms with van der Waals surface area (Å²) in [6, 6.07) is 17.5. The van der Waals surface area contributed by atoms with Gasteiger partial charge < -0.3 is 19.4 Å². The molecule has 2 aromatic heterocycles. The molecule has 1 saturated heterocycles. The quantitative estimate of drug-likeness (QED) is 0.272. The number of benzene rings is 2. The maximum Gasteiger partial charge on any atom is 0.300 e. The van der Waals surface area contributed by atoms with Gasteiger partial charge in [0, 0.05) is 41.9 Å². The molecule has 38 heavy (non-hydrogen) atoms. The van der Waals surface area contributed by atoms with Gasteiger partial charge in [-0.1, -0.05) is 30.3 Å². The van der Waals surface area contributed by atoms with Crippen LogP contribution in [0.3, 0.4) is 0 Å². The Hall–Kier alpha value is -4.73. The van der Waals surface area contributed by atoms with Crippen molar-refractivity contribution in [2.24, 2.45) is 0 Å². The molecule has 10 heteroatoms. The molecule has 1 fully saturated rings. The summed E-state index contributed by atoms with van der Waals surface area (Å²) in [5.41, 5.74) is 2.44. The van der Waals surface area contributed by atoms with Gasteiger partial charge in [0.2, 0.25) is 11.6 Å². The number of rotatable bonds is 6. The number of carbonyl (C=O) groups is 2. The van der Waals surface area contributed by atoms with Crippen molar-refractivity contribution >= 4 is 34.2 Å². The third kappa shape index (κ3) is 4.80. The number of ether oxygens (including phenoxy) is 1. The molecule has 4 aromatic rings. The number of pyridine rings is 1. The van der Waals surface area contributed by atoms with Crippen molar-refractivity contribution in [3.05, 3.63) is 93.4 Å². The smallest absolute Gasteiger partial charge is 0.300 e. The Balaban J connectivity index is 1.22. The summed E-state index contributed by atoms with van der Waals surface area (Å²) in [6.07, 6.45) is 1.60. The summed E-state index contributed by atoms with van der Waals surface area (Å²) in [6.45, 7) is 3.14. The van der Waals surface area contributed by atoms with Crippen molar-refractivity contribution in [2.45, 2.75) is 25.7 Å². The number of hydrogen-bond acceptors (Lipinski definition) is 7. The molecule has 0 saturated carbocycles. The summed E-state index contributed by atoms with van der Waals surface area (Å²) in [4.78, 5) is 42.3. The van der Waals surface area contributed by atoms with E-state index >= 15 is 0 Å². The van der Waals surface area contributed by atoms with Gasteiger partial charge in [-0.05, 0) is 49.4 Å². The number of nitrogens with one attached hydrogen (secondary N) is 1. The number of nitro groups is 1. The van der Waals surface area contributed by atoms with Crippen LogP contribution in [0.15, 0.2) is 65.1 Å². The van der Waals surface area contributed by atoms with Gasteiger partial charge in [0.1, 0.15) is 5.58 Å². The Labute approximate surface area is 218 Å². The lowest BCUT2D eigenvalue weighted by Crippen LogP contribution is -2.38. The van der Waals surface area contributed by atoms with Gasteiger partial charge in [-0.25, -0.2) is 4.98 Å². The molecule has 1 aliphatic rings. The number of amides is 2. The largest absolute Gasteiger partial charge is 0.481 e. The molecule has 0 atom stereocenters. The van der Waals surface area contributed by atoms with E-state index in [4.69, 9.17) is 9.15 Å². The number of furan rings is 1. The van der Waals surface area contributed by atoms with Crippen LogP contribution in [0, 0.1) is 17.0 Å². The minimum absolute atomic E-state index is 0.0875. The molecule has 0 spiro atoms. The predicted molar refractivity (Wildman–Crippen MR) is 141 cm³/mol. The molecular formula is C28H26N4O6. The number of aryl methyl sites for hydroxylation is 1. The Morgan fingerprint density at radius 1 is 1.08 bits per heavy atom. The Bertz CT molecular complexity index is 1520. The second kappa shape index (κ2) is 10.3. The third-order valence-corrected chi connectivity index (χ3v) is 6.93. The Kier molecular flexibility index (Phi) is 6.78. The van der Waals surface area contributed by atoms with Crippen molar-refractivity contribution in [2.75, 3.05) is 25.5 Å². The van der Waals surface area contributed by atoms with Gasteiger partial charge >= 0.3 is 5.69 Å². The number of nitrogens with zero attached hydrogens (tertiary/aromatic N) is 3. The van der Waals surface area contributed by atoms with Gasteiger partial charge in [0.15, 0.2) is 5.76 Å². The zero-order valence-corrected chi connectivity index (χ0v) is 21.0. The van der Waals surface area contributed by atoms with E-state index in [1.165, 1.54) is 19.2 Å². The molecule has 5 rings (SSSR count). The van der Waals surface area contributed by atoms with Gasteiger partial charge in [0.25, 0.3) is 11.8 Å². The average Bonchev–Trinajstić information content (AvgIpc) is 3.29. The molecule has 2 aromatic carbocycles. The maximum atomic E-state index is 13.1. The van der Waals surface area contributed by atoms with E-state index < -0.39 is 16.5 Å². The zero-order chi connectivity index (χ0) is 26.8. The number of hydrogen-bond donors (Lipinski definition) is 1. The lowest BCUT2D eigenvalue weighted by Gasteiger charge is -2.32. The minimum Gasteiger partial charge on any atom is -0.481 e. The topological polar surface area (TPSA) is 128 Å². The zero-order valence-electron chi connectivity index (χ0n) is 21.0. The van der Waals surface area contributed by atoms with Gasteiger partial charge in [-0.3, -0.25) is 19.7 Å². The molecule has 0 aliphatic carbocycles. The van der Waals surface area contributed by atoms with Crippen molar-refractivity contribution in [3.63, 3.8) is 0 Å². The van der Waals surface area contributed by atoms with Crippen LogP contribution in [0.1, 0.15) is 50.9 Å². The van der Waals surface area contributed by atoms with Crippen molar-refractivity contribution < 1.29 is 23.7 Å². The number of para-hydroxylation sites is 1. The highest BCUT2D eigenvalue weighted by Crippen LogP contribution is 2.32. The molecule has 0 bridgehead atoms. The fourth-order valence-electron chi connectivity index (χ4n) is 4.83. The number of methoxy groups -OCH3 is 1. The molecule has 1 aliphatic heterocycles. The second-order valence-electron chi connectivity index (χ2n) is 9.17. The molecule has 2 amide bonds. The van der Waals surface area contributed by atoms with Crippen LogP contribution in [0.4, 0.5) is 11.4 Å². The summed E-state index contributed by atoms with van der Waals surface area (Å²) in [5, 5.41) is 14.9.